The first-order valence-corrected chi connectivity index (χ1v) is 8.07. The van der Waals surface area contributed by atoms with Crippen molar-refractivity contribution in [2.24, 2.45) is 0 Å². The molecular formula is C18H19ClN2O3. The topological polar surface area (TPSA) is 68.3 Å². The zero-order chi connectivity index (χ0) is 17.5. The number of carbonyl (C=O) groups is 2. The van der Waals surface area contributed by atoms with E-state index in [0.29, 0.717) is 17.3 Å². The number of benzene rings is 1. The number of esters is 1. The molecule has 0 fully saturated rings. The summed E-state index contributed by atoms with van der Waals surface area (Å²) in [6.07, 6.45) is 1.10. The number of amides is 1. The van der Waals surface area contributed by atoms with E-state index >= 15 is 0 Å². The molecule has 0 saturated carbocycles. The summed E-state index contributed by atoms with van der Waals surface area (Å²) in [5.41, 5.74) is 0.872. The van der Waals surface area contributed by atoms with Crippen LogP contribution in [0.4, 0.5) is 5.82 Å². The van der Waals surface area contributed by atoms with Crippen molar-refractivity contribution >= 4 is 29.3 Å². The molecule has 0 saturated heterocycles. The van der Waals surface area contributed by atoms with Gasteiger partial charge in [0.2, 0.25) is 0 Å². The van der Waals surface area contributed by atoms with Gasteiger partial charge < -0.3 is 10.1 Å². The van der Waals surface area contributed by atoms with E-state index in [4.69, 9.17) is 16.3 Å². The lowest BCUT2D eigenvalue weighted by Crippen LogP contribution is -2.32. The fourth-order valence-corrected chi connectivity index (χ4v) is 2.32. The Hall–Kier alpha value is -2.40. The summed E-state index contributed by atoms with van der Waals surface area (Å²) in [6, 6.07) is 12.6. The van der Waals surface area contributed by atoms with Crippen molar-refractivity contribution in [3.8, 4) is 0 Å². The van der Waals surface area contributed by atoms with Gasteiger partial charge in [0.25, 0.3) is 5.91 Å². The maximum absolute atomic E-state index is 12.4. The van der Waals surface area contributed by atoms with Crippen LogP contribution in [-0.2, 0) is 14.3 Å². The van der Waals surface area contributed by atoms with Crippen molar-refractivity contribution in [3.05, 3.63) is 59.2 Å². The van der Waals surface area contributed by atoms with Gasteiger partial charge in [-0.2, -0.15) is 0 Å². The Labute approximate surface area is 146 Å². The predicted octanol–water partition coefficient (Wildman–Crippen LogP) is 3.80. The van der Waals surface area contributed by atoms with Crippen LogP contribution in [0.1, 0.15) is 31.7 Å². The maximum atomic E-state index is 12.4. The number of pyridine rings is 1. The molecule has 0 radical (unpaired) electrons. The molecule has 0 unspecified atom stereocenters. The number of nitrogens with zero attached hydrogens (tertiary/aromatic N) is 1. The quantitative estimate of drug-likeness (QED) is 0.808. The highest BCUT2D eigenvalue weighted by molar-refractivity contribution is 6.30. The Kier molecular flexibility index (Phi) is 6.32. The summed E-state index contributed by atoms with van der Waals surface area (Å²) < 4.78 is 5.31. The molecule has 1 amide bonds. The molecule has 5 nitrogen and oxygen atoms in total. The number of aromatic nitrogens is 1. The first-order valence-electron chi connectivity index (χ1n) is 7.69. The van der Waals surface area contributed by atoms with Crippen LogP contribution in [0.25, 0.3) is 0 Å². The van der Waals surface area contributed by atoms with E-state index in [1.54, 1.807) is 12.1 Å². The molecule has 0 bridgehead atoms. The minimum absolute atomic E-state index is 0.349. The second kappa shape index (κ2) is 8.45. The molecule has 6 heteroatoms. The van der Waals surface area contributed by atoms with E-state index in [-0.39, 0.29) is 0 Å². The number of halogens is 1. The average molecular weight is 347 g/mol. The van der Waals surface area contributed by atoms with Gasteiger partial charge in [0, 0.05) is 6.20 Å². The summed E-state index contributed by atoms with van der Waals surface area (Å²) in [5.74, 6) is -0.908. The van der Waals surface area contributed by atoms with E-state index in [9.17, 15) is 9.59 Å². The van der Waals surface area contributed by atoms with E-state index < -0.39 is 23.9 Å². The van der Waals surface area contributed by atoms with Gasteiger partial charge in [0.05, 0.1) is 10.9 Å². The summed E-state index contributed by atoms with van der Waals surface area (Å²) in [7, 11) is 0. The second-order valence-corrected chi connectivity index (χ2v) is 5.74. The van der Waals surface area contributed by atoms with Gasteiger partial charge in [-0.1, -0.05) is 48.9 Å². The van der Waals surface area contributed by atoms with Crippen molar-refractivity contribution in [3.63, 3.8) is 0 Å². The Morgan fingerprint density at radius 1 is 1.21 bits per heavy atom. The molecule has 0 aliphatic carbocycles. The van der Waals surface area contributed by atoms with Crippen LogP contribution in [0.15, 0.2) is 48.7 Å². The minimum atomic E-state index is -0.923. The SMILES string of the molecule is CC[C@H](C(=O)O[C@H](C)C(=O)Nc1ccc(Cl)cn1)c1ccccc1. The molecule has 1 aromatic carbocycles. The van der Waals surface area contributed by atoms with Crippen molar-refractivity contribution in [1.29, 1.82) is 0 Å². The molecule has 1 N–H and O–H groups in total. The minimum Gasteiger partial charge on any atom is -0.452 e. The molecule has 0 spiro atoms. The molecule has 0 aliphatic rings. The highest BCUT2D eigenvalue weighted by Crippen LogP contribution is 2.21. The van der Waals surface area contributed by atoms with Gasteiger partial charge in [-0.15, -0.1) is 0 Å². The number of hydrogen-bond donors (Lipinski definition) is 1. The van der Waals surface area contributed by atoms with Crippen LogP contribution < -0.4 is 5.32 Å². The standard InChI is InChI=1S/C18H19ClN2O3/c1-3-15(13-7-5-4-6-8-13)18(23)24-12(2)17(22)21-16-10-9-14(19)11-20-16/h4-12,15H,3H2,1-2H3,(H,20,21,22)/t12-,15+/m1/s1. The van der Waals surface area contributed by atoms with Crippen LogP contribution in [0.3, 0.4) is 0 Å². The Morgan fingerprint density at radius 2 is 1.92 bits per heavy atom. The lowest BCUT2D eigenvalue weighted by molar-refractivity contribution is -0.154. The molecule has 2 atom stereocenters. The molecule has 2 aromatic rings. The monoisotopic (exact) mass is 346 g/mol. The highest BCUT2D eigenvalue weighted by atomic mass is 35.5. The second-order valence-electron chi connectivity index (χ2n) is 5.30. The summed E-state index contributed by atoms with van der Waals surface area (Å²) in [5, 5.41) is 3.06. The molecule has 1 heterocycles. The Bertz CT molecular complexity index is 689. The van der Waals surface area contributed by atoms with Gasteiger partial charge in [0.15, 0.2) is 6.10 Å². The smallest absolute Gasteiger partial charge is 0.314 e. The third-order valence-corrected chi connectivity index (χ3v) is 3.76. The van der Waals surface area contributed by atoms with Gasteiger partial charge in [-0.25, -0.2) is 4.98 Å². The van der Waals surface area contributed by atoms with Gasteiger partial charge in [-0.05, 0) is 31.0 Å². The maximum Gasteiger partial charge on any atom is 0.314 e. The van der Waals surface area contributed by atoms with Crippen LogP contribution in [0, 0.1) is 0 Å². The summed E-state index contributed by atoms with van der Waals surface area (Å²) in [4.78, 5) is 28.4. The lowest BCUT2D eigenvalue weighted by atomic mass is 9.97. The zero-order valence-corrected chi connectivity index (χ0v) is 14.3. The fraction of sp³-hybridized carbons (Fsp3) is 0.278. The number of hydrogen-bond acceptors (Lipinski definition) is 4. The average Bonchev–Trinajstić information content (AvgIpc) is 2.58. The highest BCUT2D eigenvalue weighted by Gasteiger charge is 2.25. The lowest BCUT2D eigenvalue weighted by Gasteiger charge is -2.18. The normalized spacial score (nSPS) is 13.0. The number of anilines is 1. The van der Waals surface area contributed by atoms with Crippen molar-refractivity contribution < 1.29 is 14.3 Å². The molecule has 1 aromatic heterocycles. The van der Waals surface area contributed by atoms with Crippen LogP contribution >= 0.6 is 11.6 Å². The summed E-state index contributed by atoms with van der Waals surface area (Å²) >= 11 is 5.74. The van der Waals surface area contributed by atoms with Gasteiger partial charge >= 0.3 is 5.97 Å². The number of ether oxygens (including phenoxy) is 1. The molecular weight excluding hydrogens is 328 g/mol. The first-order chi connectivity index (χ1) is 11.5. The fourth-order valence-electron chi connectivity index (χ4n) is 2.21. The van der Waals surface area contributed by atoms with E-state index in [0.717, 1.165) is 5.56 Å². The van der Waals surface area contributed by atoms with Crippen LogP contribution in [0.5, 0.6) is 0 Å². The Morgan fingerprint density at radius 3 is 2.50 bits per heavy atom. The number of nitrogens with one attached hydrogen (secondary N) is 1. The first kappa shape index (κ1) is 17.9. The van der Waals surface area contributed by atoms with Crippen LogP contribution in [-0.4, -0.2) is 23.0 Å². The molecule has 0 aliphatic heterocycles. The van der Waals surface area contributed by atoms with E-state index in [1.165, 1.54) is 13.1 Å². The van der Waals surface area contributed by atoms with Crippen molar-refractivity contribution in [1.82, 2.24) is 4.98 Å². The molecule has 24 heavy (non-hydrogen) atoms. The van der Waals surface area contributed by atoms with Gasteiger partial charge in [0.1, 0.15) is 5.82 Å². The zero-order valence-electron chi connectivity index (χ0n) is 13.5. The Balaban J connectivity index is 1.97. The largest absolute Gasteiger partial charge is 0.452 e. The van der Waals surface area contributed by atoms with Crippen LogP contribution in [0.2, 0.25) is 5.02 Å². The van der Waals surface area contributed by atoms with Crippen molar-refractivity contribution in [2.45, 2.75) is 32.3 Å². The third-order valence-electron chi connectivity index (χ3n) is 3.54. The molecule has 2 rings (SSSR count). The van der Waals surface area contributed by atoms with E-state index in [1.807, 2.05) is 37.3 Å². The predicted molar refractivity (Wildman–Crippen MR) is 92.9 cm³/mol. The third kappa shape index (κ3) is 4.80. The summed E-state index contributed by atoms with van der Waals surface area (Å²) in [6.45, 7) is 3.43. The molecule has 126 valence electrons. The number of carbonyl (C=O) groups excluding carboxylic acids is 2. The van der Waals surface area contributed by atoms with E-state index in [2.05, 4.69) is 10.3 Å². The van der Waals surface area contributed by atoms with Crippen molar-refractivity contribution in [2.75, 3.05) is 5.32 Å². The number of rotatable bonds is 6. The van der Waals surface area contributed by atoms with Gasteiger partial charge in [-0.3, -0.25) is 9.59 Å².